The second kappa shape index (κ2) is 9.30. The zero-order valence-corrected chi connectivity index (χ0v) is 19.7. The van der Waals surface area contributed by atoms with Crippen LogP contribution in [0.4, 0.5) is 13.2 Å². The van der Waals surface area contributed by atoms with Crippen molar-refractivity contribution in [2.75, 3.05) is 19.8 Å². The smallest absolute Gasteiger partial charge is 0.198 e. The van der Waals surface area contributed by atoms with Gasteiger partial charge in [0, 0.05) is 30.9 Å². The lowest BCUT2D eigenvalue weighted by Gasteiger charge is -2.26. The SMILES string of the molecule is CCn1nc(C)cc1-c1c[nH]c2nccc(Oc3c(F)cc(CC4=NCC(F)(CO)CO4)cc3F)c12. The Balaban J connectivity index is 1.45. The van der Waals surface area contributed by atoms with Crippen LogP contribution in [0.15, 0.2) is 41.7 Å². The van der Waals surface area contributed by atoms with Crippen LogP contribution in [0.5, 0.6) is 11.5 Å². The number of aryl methyl sites for hydroxylation is 2. The van der Waals surface area contributed by atoms with Gasteiger partial charge in [0.1, 0.15) is 18.0 Å². The van der Waals surface area contributed by atoms with E-state index in [1.807, 2.05) is 24.6 Å². The Hall–Kier alpha value is -3.86. The summed E-state index contributed by atoms with van der Waals surface area (Å²) in [5.41, 5.74) is 1.20. The van der Waals surface area contributed by atoms with Crippen molar-refractivity contribution in [3.8, 4) is 22.8 Å². The summed E-state index contributed by atoms with van der Waals surface area (Å²) in [5, 5.41) is 14.1. The molecule has 5 rings (SSSR count). The maximum atomic E-state index is 15.0. The first-order chi connectivity index (χ1) is 17.3. The lowest BCUT2D eigenvalue weighted by Crippen LogP contribution is -2.42. The summed E-state index contributed by atoms with van der Waals surface area (Å²) in [6.45, 7) is 3.12. The van der Waals surface area contributed by atoms with Gasteiger partial charge in [-0.1, -0.05) is 0 Å². The number of halogens is 3. The molecule has 8 nitrogen and oxygen atoms in total. The third kappa shape index (κ3) is 4.41. The Morgan fingerprint density at radius 1 is 1.25 bits per heavy atom. The molecule has 188 valence electrons. The second-order valence-electron chi connectivity index (χ2n) is 8.70. The van der Waals surface area contributed by atoms with Gasteiger partial charge in [-0.25, -0.2) is 18.2 Å². The summed E-state index contributed by atoms with van der Waals surface area (Å²) >= 11 is 0. The van der Waals surface area contributed by atoms with Crippen molar-refractivity contribution in [3.05, 3.63) is 59.6 Å². The number of nitrogens with one attached hydrogen (secondary N) is 1. The number of aliphatic imine (C=N–C) groups is 1. The molecule has 11 heteroatoms. The fourth-order valence-electron chi connectivity index (χ4n) is 4.15. The van der Waals surface area contributed by atoms with E-state index in [0.717, 1.165) is 29.1 Å². The number of nitrogens with zero attached hydrogens (tertiary/aromatic N) is 4. The number of H-pyrrole nitrogens is 1. The van der Waals surface area contributed by atoms with Gasteiger partial charge in [0.15, 0.2) is 29.0 Å². The van der Waals surface area contributed by atoms with Crippen molar-refractivity contribution in [1.82, 2.24) is 19.7 Å². The van der Waals surface area contributed by atoms with E-state index in [1.165, 1.54) is 6.20 Å². The van der Waals surface area contributed by atoms with Gasteiger partial charge in [-0.15, -0.1) is 0 Å². The Labute approximate surface area is 204 Å². The van der Waals surface area contributed by atoms with Gasteiger partial charge in [-0.05, 0) is 43.7 Å². The molecular weight excluding hydrogens is 475 g/mol. The van der Waals surface area contributed by atoms with Gasteiger partial charge < -0.3 is 19.6 Å². The fraction of sp³-hybridized carbons (Fsp3) is 0.320. The molecule has 0 amide bonds. The van der Waals surface area contributed by atoms with Crippen LogP contribution < -0.4 is 4.74 Å². The summed E-state index contributed by atoms with van der Waals surface area (Å²) < 4.78 is 56.9. The Morgan fingerprint density at radius 2 is 2.03 bits per heavy atom. The number of alkyl halides is 1. The minimum absolute atomic E-state index is 0.0303. The van der Waals surface area contributed by atoms with Crippen LogP contribution in [0.2, 0.25) is 0 Å². The van der Waals surface area contributed by atoms with E-state index in [4.69, 9.17) is 14.6 Å². The fourth-order valence-corrected chi connectivity index (χ4v) is 4.15. The number of ether oxygens (including phenoxy) is 2. The van der Waals surface area contributed by atoms with Gasteiger partial charge >= 0.3 is 0 Å². The van der Waals surface area contributed by atoms with Crippen LogP contribution in [0.25, 0.3) is 22.3 Å². The Kier molecular flexibility index (Phi) is 6.17. The highest BCUT2D eigenvalue weighted by Crippen LogP contribution is 2.38. The van der Waals surface area contributed by atoms with Crippen molar-refractivity contribution in [2.45, 2.75) is 32.5 Å². The van der Waals surface area contributed by atoms with Crippen LogP contribution in [0.3, 0.4) is 0 Å². The van der Waals surface area contributed by atoms with E-state index in [2.05, 4.69) is 20.1 Å². The zero-order valence-electron chi connectivity index (χ0n) is 19.7. The van der Waals surface area contributed by atoms with Crippen molar-refractivity contribution in [2.24, 2.45) is 4.99 Å². The number of aliphatic hydroxyl groups excluding tert-OH is 1. The number of hydrogen-bond acceptors (Lipinski definition) is 6. The van der Waals surface area contributed by atoms with Crippen molar-refractivity contribution in [1.29, 1.82) is 0 Å². The topological polar surface area (TPSA) is 97.6 Å². The number of aliphatic hydroxyl groups is 1. The van der Waals surface area contributed by atoms with Crippen LogP contribution >= 0.6 is 0 Å². The third-order valence-corrected chi connectivity index (χ3v) is 5.96. The van der Waals surface area contributed by atoms with Crippen LogP contribution in [0, 0.1) is 18.6 Å². The Morgan fingerprint density at radius 3 is 2.69 bits per heavy atom. The number of aromatic amines is 1. The largest absolute Gasteiger partial charge is 0.477 e. The molecule has 2 N–H and O–H groups in total. The molecule has 1 atom stereocenters. The lowest BCUT2D eigenvalue weighted by molar-refractivity contribution is 0.0171. The summed E-state index contributed by atoms with van der Waals surface area (Å²) in [4.78, 5) is 11.3. The molecule has 4 heterocycles. The number of hydrogen-bond donors (Lipinski definition) is 2. The van der Waals surface area contributed by atoms with E-state index in [-0.39, 0.29) is 36.8 Å². The van der Waals surface area contributed by atoms with Gasteiger partial charge in [0.25, 0.3) is 0 Å². The first-order valence-electron chi connectivity index (χ1n) is 11.4. The standard InChI is InChI=1S/C25H24F3N5O3/c1-3-33-19(6-14(2)32-33)16-10-30-24-22(16)20(4-5-29-24)36-23-17(26)7-15(8-18(23)27)9-21-31-11-25(28,12-34)13-35-21/h4-8,10,34H,3,9,11-13H2,1-2H3,(H,29,30). The minimum Gasteiger partial charge on any atom is -0.477 e. The summed E-state index contributed by atoms with van der Waals surface area (Å²) in [7, 11) is 0. The quantitative estimate of drug-likeness (QED) is 0.390. The van der Waals surface area contributed by atoms with Crippen LogP contribution in [-0.2, 0) is 17.7 Å². The number of pyridine rings is 1. The predicted molar refractivity (Wildman–Crippen MR) is 127 cm³/mol. The summed E-state index contributed by atoms with van der Waals surface area (Å²) in [6, 6.07) is 5.71. The van der Waals surface area contributed by atoms with E-state index < -0.39 is 29.7 Å². The van der Waals surface area contributed by atoms with Crippen LogP contribution in [0.1, 0.15) is 18.2 Å². The summed E-state index contributed by atoms with van der Waals surface area (Å²) in [5.74, 6) is -2.01. The molecule has 0 saturated carbocycles. The zero-order chi connectivity index (χ0) is 25.4. The minimum atomic E-state index is -1.95. The highest BCUT2D eigenvalue weighted by molar-refractivity contribution is 5.97. The van der Waals surface area contributed by atoms with Crippen molar-refractivity contribution < 1.29 is 27.8 Å². The molecule has 0 radical (unpaired) electrons. The lowest BCUT2D eigenvalue weighted by atomic mass is 10.1. The van der Waals surface area contributed by atoms with Gasteiger partial charge in [0.05, 0.1) is 29.9 Å². The molecule has 0 fully saturated rings. The number of rotatable bonds is 7. The van der Waals surface area contributed by atoms with E-state index in [1.54, 1.807) is 12.3 Å². The molecule has 3 aromatic heterocycles. The highest BCUT2D eigenvalue weighted by atomic mass is 19.1. The molecule has 1 aliphatic rings. The van der Waals surface area contributed by atoms with Crippen molar-refractivity contribution >= 4 is 16.9 Å². The maximum Gasteiger partial charge on any atom is 0.198 e. The predicted octanol–water partition coefficient (Wildman–Crippen LogP) is 4.50. The molecular formula is C25H24F3N5O3. The molecule has 0 saturated heterocycles. The average molecular weight is 499 g/mol. The second-order valence-corrected chi connectivity index (χ2v) is 8.70. The van der Waals surface area contributed by atoms with E-state index in [9.17, 15) is 4.39 Å². The maximum absolute atomic E-state index is 15.0. The van der Waals surface area contributed by atoms with Crippen molar-refractivity contribution in [3.63, 3.8) is 0 Å². The van der Waals surface area contributed by atoms with E-state index in [0.29, 0.717) is 17.6 Å². The first kappa shape index (κ1) is 23.9. The van der Waals surface area contributed by atoms with Crippen LogP contribution in [-0.4, -0.2) is 56.2 Å². The number of aromatic nitrogens is 4. The molecule has 1 aliphatic heterocycles. The molecule has 0 bridgehead atoms. The monoisotopic (exact) mass is 499 g/mol. The number of fused-ring (bicyclic) bond motifs is 1. The molecule has 0 aliphatic carbocycles. The summed E-state index contributed by atoms with van der Waals surface area (Å²) in [6.07, 6.45) is 3.22. The van der Waals surface area contributed by atoms with Gasteiger partial charge in [0.2, 0.25) is 0 Å². The van der Waals surface area contributed by atoms with Gasteiger partial charge in [-0.2, -0.15) is 5.10 Å². The Bertz CT molecular complexity index is 1440. The van der Waals surface area contributed by atoms with Gasteiger partial charge in [-0.3, -0.25) is 9.67 Å². The molecule has 4 aromatic rings. The molecule has 0 spiro atoms. The number of benzene rings is 1. The normalized spacial score (nSPS) is 17.8. The highest BCUT2D eigenvalue weighted by Gasteiger charge is 2.34. The molecule has 1 unspecified atom stereocenters. The average Bonchev–Trinajstić information content (AvgIpc) is 3.46. The first-order valence-corrected chi connectivity index (χ1v) is 11.4. The van der Waals surface area contributed by atoms with E-state index >= 15 is 8.78 Å². The third-order valence-electron chi connectivity index (χ3n) is 5.96. The molecule has 1 aromatic carbocycles. The molecule has 36 heavy (non-hydrogen) atoms.